The lowest BCUT2D eigenvalue weighted by atomic mass is 10.0. The van der Waals surface area contributed by atoms with Gasteiger partial charge in [-0.25, -0.2) is 14.8 Å². The van der Waals surface area contributed by atoms with E-state index in [1.165, 1.54) is 16.5 Å². The van der Waals surface area contributed by atoms with Crippen molar-refractivity contribution < 1.29 is 9.53 Å². The average Bonchev–Trinajstić information content (AvgIpc) is 3.48. The van der Waals surface area contributed by atoms with Gasteiger partial charge in [0.15, 0.2) is 11.5 Å². The molecule has 1 aliphatic rings. The highest BCUT2D eigenvalue weighted by molar-refractivity contribution is 5.93. The summed E-state index contributed by atoms with van der Waals surface area (Å²) in [6, 6.07) is 15.0. The molecule has 4 aromatic rings. The Balaban J connectivity index is 1.50. The number of nitrogen functional groups attached to an aromatic ring is 1. The first-order valence-electron chi connectivity index (χ1n) is 12.2. The number of hydrogen-bond donors (Lipinski definition) is 1. The average molecular weight is 497 g/mol. The second kappa shape index (κ2) is 9.82. The third kappa shape index (κ3) is 4.54. The number of anilines is 1. The summed E-state index contributed by atoms with van der Waals surface area (Å²) in [7, 11) is 0. The highest BCUT2D eigenvalue weighted by atomic mass is 16.5. The number of ether oxygens (including phenoxy) is 1. The van der Waals surface area contributed by atoms with Crippen LogP contribution in [-0.4, -0.2) is 43.0 Å². The number of rotatable bonds is 5. The maximum Gasteiger partial charge on any atom is 0.335 e. The summed E-state index contributed by atoms with van der Waals surface area (Å²) < 4.78 is 9.18. The number of amides is 1. The van der Waals surface area contributed by atoms with Crippen molar-refractivity contribution >= 4 is 22.9 Å². The van der Waals surface area contributed by atoms with Crippen LogP contribution < -0.4 is 16.2 Å². The maximum absolute atomic E-state index is 13.7. The first kappa shape index (κ1) is 24.1. The van der Waals surface area contributed by atoms with Crippen LogP contribution in [0.2, 0.25) is 0 Å². The van der Waals surface area contributed by atoms with Crippen LogP contribution in [0, 0.1) is 11.8 Å². The predicted octanol–water partition coefficient (Wildman–Crippen LogP) is 3.88. The summed E-state index contributed by atoms with van der Waals surface area (Å²) in [6.07, 6.45) is 1.96. The maximum atomic E-state index is 13.7. The molecule has 1 atom stereocenters. The lowest BCUT2D eigenvalue weighted by Gasteiger charge is -2.14. The molecular weight excluding hydrogens is 468 g/mol. The van der Waals surface area contributed by atoms with Gasteiger partial charge in [0.05, 0.1) is 11.7 Å². The molecule has 9 nitrogen and oxygen atoms in total. The van der Waals surface area contributed by atoms with E-state index in [1.54, 1.807) is 28.5 Å². The molecule has 1 amide bonds. The van der Waals surface area contributed by atoms with Gasteiger partial charge in [-0.1, -0.05) is 31.9 Å². The van der Waals surface area contributed by atoms with E-state index in [9.17, 15) is 9.59 Å². The van der Waals surface area contributed by atoms with Crippen molar-refractivity contribution in [2.24, 2.45) is 0 Å². The zero-order chi connectivity index (χ0) is 26.1. The number of carbonyl (C=O) groups excluding carboxylic acids is 1. The van der Waals surface area contributed by atoms with E-state index < -0.39 is 0 Å². The standard InChI is InChI=1S/C28H28N6O3/c1-4-6-24(35)32-14-13-21(16-32)34-27-25(26(29)30-17-31-27)33(28(34)36)20-9-11-22(12-10-20)37-23-8-5-7-19(15-23)18(2)3/h5,7-12,15,17-18,21H,13-14,16H2,1-3H3,(H2,29,30,31). The summed E-state index contributed by atoms with van der Waals surface area (Å²) in [5.41, 5.74) is 8.61. The van der Waals surface area contributed by atoms with E-state index in [4.69, 9.17) is 10.5 Å². The molecule has 9 heteroatoms. The Morgan fingerprint density at radius 2 is 1.92 bits per heavy atom. The zero-order valence-corrected chi connectivity index (χ0v) is 21.0. The Morgan fingerprint density at radius 3 is 2.65 bits per heavy atom. The normalized spacial score (nSPS) is 15.1. The van der Waals surface area contributed by atoms with Gasteiger partial charge in [-0.3, -0.25) is 13.9 Å². The molecule has 0 spiro atoms. The Hall–Kier alpha value is -4.58. The van der Waals surface area contributed by atoms with Crippen molar-refractivity contribution in [1.29, 1.82) is 0 Å². The van der Waals surface area contributed by atoms with Gasteiger partial charge in [0.1, 0.15) is 23.3 Å². The fourth-order valence-corrected chi connectivity index (χ4v) is 4.70. The number of imidazole rings is 1. The van der Waals surface area contributed by atoms with Gasteiger partial charge in [0, 0.05) is 13.1 Å². The summed E-state index contributed by atoms with van der Waals surface area (Å²) in [5, 5.41) is 0. The van der Waals surface area contributed by atoms with E-state index >= 15 is 0 Å². The van der Waals surface area contributed by atoms with Crippen LogP contribution >= 0.6 is 0 Å². The van der Waals surface area contributed by atoms with Crippen LogP contribution in [0.1, 0.15) is 44.7 Å². The van der Waals surface area contributed by atoms with Gasteiger partial charge < -0.3 is 15.4 Å². The molecular formula is C28H28N6O3. The molecule has 37 heavy (non-hydrogen) atoms. The van der Waals surface area contributed by atoms with E-state index in [1.807, 2.05) is 30.3 Å². The van der Waals surface area contributed by atoms with Crippen LogP contribution in [0.25, 0.3) is 16.9 Å². The molecule has 0 aliphatic carbocycles. The largest absolute Gasteiger partial charge is 0.457 e. The van der Waals surface area contributed by atoms with Gasteiger partial charge >= 0.3 is 5.69 Å². The predicted molar refractivity (Wildman–Crippen MR) is 142 cm³/mol. The molecule has 1 saturated heterocycles. The van der Waals surface area contributed by atoms with Crippen molar-refractivity contribution in [1.82, 2.24) is 24.0 Å². The van der Waals surface area contributed by atoms with E-state index in [0.29, 0.717) is 48.0 Å². The summed E-state index contributed by atoms with van der Waals surface area (Å²) >= 11 is 0. The number of nitrogens with zero attached hydrogens (tertiary/aromatic N) is 5. The zero-order valence-electron chi connectivity index (χ0n) is 21.0. The Labute approximate surface area is 214 Å². The summed E-state index contributed by atoms with van der Waals surface area (Å²) in [4.78, 5) is 36.2. The fourth-order valence-electron chi connectivity index (χ4n) is 4.70. The lowest BCUT2D eigenvalue weighted by Crippen LogP contribution is -2.31. The van der Waals surface area contributed by atoms with Crippen LogP contribution in [0.5, 0.6) is 11.5 Å². The van der Waals surface area contributed by atoms with Gasteiger partial charge in [0.25, 0.3) is 5.91 Å². The first-order valence-corrected chi connectivity index (χ1v) is 12.2. The fraction of sp³-hybridized carbons (Fsp3) is 0.286. The minimum absolute atomic E-state index is 0.203. The smallest absolute Gasteiger partial charge is 0.335 e. The van der Waals surface area contributed by atoms with Crippen LogP contribution in [0.4, 0.5) is 5.82 Å². The number of fused-ring (bicyclic) bond motifs is 1. The van der Waals surface area contributed by atoms with Gasteiger partial charge in [-0.05, 0) is 67.1 Å². The third-order valence-corrected chi connectivity index (χ3v) is 6.58. The minimum Gasteiger partial charge on any atom is -0.457 e. The van der Waals surface area contributed by atoms with Crippen molar-refractivity contribution in [2.45, 2.75) is 39.2 Å². The van der Waals surface area contributed by atoms with Crippen molar-refractivity contribution in [2.75, 3.05) is 18.8 Å². The van der Waals surface area contributed by atoms with Gasteiger partial charge in [-0.15, -0.1) is 0 Å². The first-order chi connectivity index (χ1) is 17.9. The number of aromatic nitrogens is 4. The van der Waals surface area contributed by atoms with Crippen molar-refractivity contribution in [3.63, 3.8) is 0 Å². The molecule has 1 unspecified atom stereocenters. The van der Waals surface area contributed by atoms with Gasteiger partial charge in [0.2, 0.25) is 0 Å². The molecule has 5 rings (SSSR count). The molecule has 2 aromatic carbocycles. The monoisotopic (exact) mass is 496 g/mol. The molecule has 2 N–H and O–H groups in total. The topological polar surface area (TPSA) is 108 Å². The molecule has 0 radical (unpaired) electrons. The van der Waals surface area contributed by atoms with E-state index in [-0.39, 0.29) is 23.5 Å². The molecule has 1 aliphatic heterocycles. The number of nitrogens with two attached hydrogens (primary N) is 1. The number of carbonyl (C=O) groups is 1. The third-order valence-electron chi connectivity index (χ3n) is 6.58. The van der Waals surface area contributed by atoms with Crippen molar-refractivity contribution in [3.05, 3.63) is 70.9 Å². The van der Waals surface area contributed by atoms with E-state index in [0.717, 1.165) is 5.75 Å². The summed E-state index contributed by atoms with van der Waals surface area (Å²) in [5.74, 6) is 6.96. The molecule has 0 bridgehead atoms. The Kier molecular flexibility index (Phi) is 6.40. The molecule has 1 fully saturated rings. The van der Waals surface area contributed by atoms with Crippen LogP contribution in [0.3, 0.4) is 0 Å². The van der Waals surface area contributed by atoms with Crippen molar-refractivity contribution in [3.8, 4) is 29.0 Å². The van der Waals surface area contributed by atoms with E-state index in [2.05, 4.69) is 41.7 Å². The number of hydrogen-bond acceptors (Lipinski definition) is 6. The SMILES string of the molecule is CC#CC(=O)N1CCC(n2c(=O)n(-c3ccc(Oc4cccc(C(C)C)c4)cc3)c3c(N)ncnc32)C1. The lowest BCUT2D eigenvalue weighted by molar-refractivity contribution is -0.124. The second-order valence-corrected chi connectivity index (χ2v) is 9.31. The Morgan fingerprint density at radius 1 is 1.14 bits per heavy atom. The number of likely N-dealkylation sites (tertiary alicyclic amines) is 1. The second-order valence-electron chi connectivity index (χ2n) is 9.31. The highest BCUT2D eigenvalue weighted by Crippen LogP contribution is 2.29. The highest BCUT2D eigenvalue weighted by Gasteiger charge is 2.31. The van der Waals surface area contributed by atoms with Gasteiger partial charge in [-0.2, -0.15) is 0 Å². The van der Waals surface area contributed by atoms with Crippen LogP contribution in [0.15, 0.2) is 59.7 Å². The Bertz CT molecular complexity index is 1590. The molecule has 0 saturated carbocycles. The number of benzene rings is 2. The quantitative estimate of drug-likeness (QED) is 0.420. The summed E-state index contributed by atoms with van der Waals surface area (Å²) in [6.45, 7) is 6.79. The van der Waals surface area contributed by atoms with Crippen LogP contribution in [-0.2, 0) is 4.79 Å². The molecule has 3 heterocycles. The molecule has 188 valence electrons. The molecule has 2 aromatic heterocycles. The minimum atomic E-state index is -0.290.